The topological polar surface area (TPSA) is 102 Å². The Hall–Kier alpha value is -2.62. The molecule has 1 aromatic carbocycles. The van der Waals surface area contributed by atoms with Crippen LogP contribution in [0.15, 0.2) is 18.2 Å². The number of carboxylic acid groups (broad SMARTS) is 1. The SMILES string of the molecule is CC(NC(=O)Nc1cccc(F)c1C#N)C(=O)O. The Balaban J connectivity index is 2.80. The number of rotatable bonds is 3. The van der Waals surface area contributed by atoms with Crippen molar-refractivity contribution in [2.45, 2.75) is 13.0 Å². The first-order chi connectivity index (χ1) is 8.45. The van der Waals surface area contributed by atoms with Gasteiger partial charge in [-0.25, -0.2) is 9.18 Å². The summed E-state index contributed by atoms with van der Waals surface area (Å²) in [5, 5.41) is 21.6. The Bertz CT molecular complexity index is 525. The smallest absolute Gasteiger partial charge is 0.325 e. The van der Waals surface area contributed by atoms with Crippen molar-refractivity contribution < 1.29 is 19.1 Å². The highest BCUT2D eigenvalue weighted by Crippen LogP contribution is 2.17. The second-order valence-electron chi connectivity index (χ2n) is 3.43. The van der Waals surface area contributed by atoms with Crippen LogP contribution in [0.2, 0.25) is 0 Å². The summed E-state index contributed by atoms with van der Waals surface area (Å²) in [5.74, 6) is -1.97. The molecule has 6 nitrogen and oxygen atoms in total. The van der Waals surface area contributed by atoms with Gasteiger partial charge in [0, 0.05) is 0 Å². The second-order valence-corrected chi connectivity index (χ2v) is 3.43. The molecule has 1 rings (SSSR count). The molecule has 18 heavy (non-hydrogen) atoms. The van der Waals surface area contributed by atoms with E-state index < -0.39 is 23.9 Å². The summed E-state index contributed by atoms with van der Waals surface area (Å²) in [6.07, 6.45) is 0. The summed E-state index contributed by atoms with van der Waals surface area (Å²) in [4.78, 5) is 21.9. The first kappa shape index (κ1) is 13.4. The van der Waals surface area contributed by atoms with E-state index >= 15 is 0 Å². The number of urea groups is 1. The highest BCUT2D eigenvalue weighted by molar-refractivity contribution is 5.93. The zero-order valence-corrected chi connectivity index (χ0v) is 9.40. The van der Waals surface area contributed by atoms with E-state index in [1.807, 2.05) is 0 Å². The molecule has 0 aliphatic rings. The number of carbonyl (C=O) groups excluding carboxylic acids is 1. The summed E-state index contributed by atoms with van der Waals surface area (Å²) in [7, 11) is 0. The molecule has 0 heterocycles. The molecule has 7 heteroatoms. The monoisotopic (exact) mass is 251 g/mol. The molecule has 2 amide bonds. The number of halogens is 1. The number of nitrogens with one attached hydrogen (secondary N) is 2. The highest BCUT2D eigenvalue weighted by atomic mass is 19.1. The van der Waals surface area contributed by atoms with Gasteiger partial charge in [-0.05, 0) is 19.1 Å². The van der Waals surface area contributed by atoms with Gasteiger partial charge < -0.3 is 15.7 Å². The fourth-order valence-corrected chi connectivity index (χ4v) is 1.16. The Morgan fingerprint density at radius 1 is 1.50 bits per heavy atom. The molecule has 0 aliphatic carbocycles. The Labute approximate surface area is 102 Å². The lowest BCUT2D eigenvalue weighted by Crippen LogP contribution is -2.41. The van der Waals surface area contributed by atoms with E-state index in [2.05, 4.69) is 10.6 Å². The van der Waals surface area contributed by atoms with Gasteiger partial charge in [0.15, 0.2) is 0 Å². The van der Waals surface area contributed by atoms with Gasteiger partial charge in [0.2, 0.25) is 0 Å². The molecule has 0 aliphatic heterocycles. The maximum Gasteiger partial charge on any atom is 0.325 e. The van der Waals surface area contributed by atoms with E-state index in [0.717, 1.165) is 6.07 Å². The lowest BCUT2D eigenvalue weighted by molar-refractivity contribution is -0.138. The van der Waals surface area contributed by atoms with Gasteiger partial charge in [0.25, 0.3) is 0 Å². The number of nitriles is 1. The minimum atomic E-state index is -1.20. The fraction of sp³-hybridized carbons (Fsp3) is 0.182. The number of aliphatic carboxylic acids is 1. The summed E-state index contributed by atoms with van der Waals surface area (Å²) in [6, 6.07) is 3.44. The van der Waals surface area contributed by atoms with Crippen LogP contribution in [0.25, 0.3) is 0 Å². The summed E-state index contributed by atoms with van der Waals surface area (Å²) < 4.78 is 13.2. The molecule has 0 spiro atoms. The number of carbonyl (C=O) groups is 2. The van der Waals surface area contributed by atoms with Crippen LogP contribution in [0.1, 0.15) is 12.5 Å². The molecule has 3 N–H and O–H groups in total. The molecule has 1 unspecified atom stereocenters. The standard InChI is InChI=1S/C11H10FN3O3/c1-6(10(16)17)14-11(18)15-9-4-2-3-8(12)7(9)5-13/h2-4,6H,1H3,(H,16,17)(H2,14,15,18). The van der Waals surface area contributed by atoms with Crippen molar-refractivity contribution in [3.8, 4) is 6.07 Å². The number of nitrogens with zero attached hydrogens (tertiary/aromatic N) is 1. The van der Waals surface area contributed by atoms with Crippen LogP contribution in [0.4, 0.5) is 14.9 Å². The van der Waals surface area contributed by atoms with Gasteiger partial charge in [-0.3, -0.25) is 4.79 Å². The molecule has 0 saturated carbocycles. The van der Waals surface area contributed by atoms with Gasteiger partial charge in [-0.2, -0.15) is 5.26 Å². The third kappa shape index (κ3) is 3.18. The number of amides is 2. The van der Waals surface area contributed by atoms with Crippen molar-refractivity contribution in [1.82, 2.24) is 5.32 Å². The molecule has 0 saturated heterocycles. The first-order valence-electron chi connectivity index (χ1n) is 4.94. The largest absolute Gasteiger partial charge is 0.480 e. The summed E-state index contributed by atoms with van der Waals surface area (Å²) in [6.45, 7) is 1.28. The van der Waals surface area contributed by atoms with Crippen LogP contribution in [0, 0.1) is 17.1 Å². The molecular weight excluding hydrogens is 241 g/mol. The maximum atomic E-state index is 13.2. The zero-order valence-electron chi connectivity index (χ0n) is 9.40. The fourth-order valence-electron chi connectivity index (χ4n) is 1.16. The number of hydrogen-bond donors (Lipinski definition) is 3. The van der Waals surface area contributed by atoms with Crippen molar-refractivity contribution in [3.63, 3.8) is 0 Å². The quantitative estimate of drug-likeness (QED) is 0.753. The van der Waals surface area contributed by atoms with Gasteiger partial charge in [0.05, 0.1) is 5.69 Å². The van der Waals surface area contributed by atoms with Crippen LogP contribution >= 0.6 is 0 Å². The molecule has 0 radical (unpaired) electrons. The highest BCUT2D eigenvalue weighted by Gasteiger charge is 2.15. The van der Waals surface area contributed by atoms with E-state index in [9.17, 15) is 14.0 Å². The van der Waals surface area contributed by atoms with Crippen LogP contribution < -0.4 is 10.6 Å². The van der Waals surface area contributed by atoms with E-state index in [1.165, 1.54) is 19.1 Å². The summed E-state index contributed by atoms with van der Waals surface area (Å²) in [5.41, 5.74) is -0.330. The minimum Gasteiger partial charge on any atom is -0.480 e. The van der Waals surface area contributed by atoms with Crippen molar-refractivity contribution >= 4 is 17.7 Å². The maximum absolute atomic E-state index is 13.2. The lowest BCUT2D eigenvalue weighted by atomic mass is 10.2. The van der Waals surface area contributed by atoms with Crippen LogP contribution in [-0.2, 0) is 4.79 Å². The normalized spacial score (nSPS) is 11.2. The zero-order chi connectivity index (χ0) is 13.7. The van der Waals surface area contributed by atoms with Crippen molar-refractivity contribution in [2.24, 2.45) is 0 Å². The van der Waals surface area contributed by atoms with E-state index in [1.54, 1.807) is 6.07 Å². The van der Waals surface area contributed by atoms with E-state index in [4.69, 9.17) is 10.4 Å². The van der Waals surface area contributed by atoms with Gasteiger partial charge in [-0.15, -0.1) is 0 Å². The third-order valence-corrected chi connectivity index (χ3v) is 2.09. The summed E-state index contributed by atoms with van der Waals surface area (Å²) >= 11 is 0. The number of carboxylic acids is 1. The van der Waals surface area contributed by atoms with Gasteiger partial charge in [0.1, 0.15) is 23.5 Å². The molecular formula is C11H10FN3O3. The Morgan fingerprint density at radius 2 is 2.17 bits per heavy atom. The number of hydrogen-bond acceptors (Lipinski definition) is 3. The minimum absolute atomic E-state index is 0.0208. The van der Waals surface area contributed by atoms with Crippen molar-refractivity contribution in [3.05, 3.63) is 29.6 Å². The van der Waals surface area contributed by atoms with Gasteiger partial charge in [-0.1, -0.05) is 6.07 Å². The second kappa shape index (κ2) is 5.63. The average Bonchev–Trinajstić information content (AvgIpc) is 2.28. The number of anilines is 1. The third-order valence-electron chi connectivity index (χ3n) is 2.09. The first-order valence-corrected chi connectivity index (χ1v) is 4.94. The molecule has 1 atom stereocenters. The molecule has 0 fully saturated rings. The van der Waals surface area contributed by atoms with Gasteiger partial charge >= 0.3 is 12.0 Å². The van der Waals surface area contributed by atoms with Crippen LogP contribution in [0.5, 0.6) is 0 Å². The predicted octanol–water partition coefficient (Wildman–Crippen LogP) is 1.29. The van der Waals surface area contributed by atoms with Crippen LogP contribution in [0.3, 0.4) is 0 Å². The number of benzene rings is 1. The average molecular weight is 251 g/mol. The van der Waals surface area contributed by atoms with Crippen molar-refractivity contribution in [1.29, 1.82) is 5.26 Å². The predicted molar refractivity (Wildman–Crippen MR) is 60.4 cm³/mol. The van der Waals surface area contributed by atoms with E-state index in [0.29, 0.717) is 0 Å². The van der Waals surface area contributed by atoms with Crippen molar-refractivity contribution in [2.75, 3.05) is 5.32 Å². The lowest BCUT2D eigenvalue weighted by Gasteiger charge is -2.11. The van der Waals surface area contributed by atoms with Crippen LogP contribution in [-0.4, -0.2) is 23.1 Å². The Kier molecular flexibility index (Phi) is 4.21. The molecule has 94 valence electrons. The molecule has 1 aromatic rings. The molecule has 0 bridgehead atoms. The molecule has 0 aromatic heterocycles. The van der Waals surface area contributed by atoms with E-state index in [-0.39, 0.29) is 11.3 Å². The Morgan fingerprint density at radius 3 is 2.72 bits per heavy atom.